The third-order valence-corrected chi connectivity index (χ3v) is 4.25. The molecule has 0 aliphatic carbocycles. The lowest BCUT2D eigenvalue weighted by Crippen LogP contribution is -2.02. The maximum atomic E-state index is 12.9. The van der Waals surface area contributed by atoms with E-state index in [0.29, 0.717) is 23.2 Å². The molecule has 0 bridgehead atoms. The smallest absolute Gasteiger partial charge is 0.209 e. The molecule has 0 unspecified atom stereocenters. The van der Waals surface area contributed by atoms with E-state index in [1.807, 2.05) is 31.2 Å². The minimum absolute atomic E-state index is 0.105. The van der Waals surface area contributed by atoms with Crippen LogP contribution >= 0.6 is 11.8 Å². The van der Waals surface area contributed by atoms with Crippen LogP contribution in [0.4, 0.5) is 4.39 Å². The first kappa shape index (κ1) is 17.2. The number of ether oxygens (including phenoxy) is 1. The van der Waals surface area contributed by atoms with Crippen LogP contribution in [-0.2, 0) is 0 Å². The molecule has 7 heteroatoms. The van der Waals surface area contributed by atoms with Gasteiger partial charge in [0, 0.05) is 5.56 Å². The van der Waals surface area contributed by atoms with Crippen LogP contribution in [0, 0.1) is 5.82 Å². The summed E-state index contributed by atoms with van der Waals surface area (Å²) in [5, 5.41) is 7.47. The molecular formula is C18H16FN3O2S. The quantitative estimate of drug-likeness (QED) is 0.512. The summed E-state index contributed by atoms with van der Waals surface area (Å²) in [4.78, 5) is 16.5. The molecule has 0 aliphatic heterocycles. The second kappa shape index (κ2) is 7.94. The molecule has 0 amide bonds. The number of aromatic amines is 1. The van der Waals surface area contributed by atoms with E-state index in [-0.39, 0.29) is 17.4 Å². The summed E-state index contributed by atoms with van der Waals surface area (Å²) in [6.07, 6.45) is 0. The standard InChI is InChI=1S/C18H16FN3O2S/c1-2-24-16-6-4-3-5-14(16)17-20-18(22-21-17)25-11-15(23)12-7-9-13(19)10-8-12/h3-10H,2,11H2,1H3,(H,20,21,22). The van der Waals surface area contributed by atoms with Crippen LogP contribution in [0.15, 0.2) is 53.7 Å². The zero-order valence-corrected chi connectivity index (χ0v) is 14.3. The number of carbonyl (C=O) groups excluding carboxylic acids is 1. The van der Waals surface area contributed by atoms with E-state index in [2.05, 4.69) is 15.2 Å². The molecule has 128 valence electrons. The average Bonchev–Trinajstić information content (AvgIpc) is 3.10. The Morgan fingerprint density at radius 2 is 1.96 bits per heavy atom. The predicted octanol–water partition coefficient (Wildman–Crippen LogP) is 3.98. The number of hydrogen-bond acceptors (Lipinski definition) is 5. The average molecular weight is 357 g/mol. The van der Waals surface area contributed by atoms with Crippen molar-refractivity contribution in [3.8, 4) is 17.1 Å². The molecule has 0 radical (unpaired) electrons. The van der Waals surface area contributed by atoms with Gasteiger partial charge in [-0.3, -0.25) is 9.89 Å². The summed E-state index contributed by atoms with van der Waals surface area (Å²) in [7, 11) is 0. The zero-order valence-electron chi connectivity index (χ0n) is 13.5. The molecule has 5 nitrogen and oxygen atoms in total. The molecular weight excluding hydrogens is 341 g/mol. The van der Waals surface area contributed by atoms with Crippen LogP contribution in [0.2, 0.25) is 0 Å². The van der Waals surface area contributed by atoms with E-state index in [1.54, 1.807) is 0 Å². The minimum atomic E-state index is -0.365. The summed E-state index contributed by atoms with van der Waals surface area (Å²) >= 11 is 1.22. The third-order valence-electron chi connectivity index (χ3n) is 3.41. The molecule has 0 atom stereocenters. The first-order valence-corrected chi connectivity index (χ1v) is 8.72. The molecule has 3 aromatic rings. The fraction of sp³-hybridized carbons (Fsp3) is 0.167. The van der Waals surface area contributed by atoms with Crippen LogP contribution in [0.3, 0.4) is 0 Å². The molecule has 0 saturated carbocycles. The number of hydrogen-bond donors (Lipinski definition) is 1. The number of Topliss-reactive ketones (excluding diaryl/α,β-unsaturated/α-hetero) is 1. The SMILES string of the molecule is CCOc1ccccc1-c1nc(SCC(=O)c2ccc(F)cc2)n[nH]1. The Hall–Kier alpha value is -2.67. The van der Waals surface area contributed by atoms with Gasteiger partial charge in [0.05, 0.1) is 17.9 Å². The number of benzene rings is 2. The lowest BCUT2D eigenvalue weighted by molar-refractivity contribution is 0.102. The Balaban J connectivity index is 1.68. The number of carbonyl (C=O) groups is 1. The summed E-state index contributed by atoms with van der Waals surface area (Å²) < 4.78 is 18.5. The number of halogens is 1. The van der Waals surface area contributed by atoms with Crippen LogP contribution in [0.5, 0.6) is 5.75 Å². The minimum Gasteiger partial charge on any atom is -0.493 e. The van der Waals surface area contributed by atoms with Gasteiger partial charge in [-0.15, -0.1) is 5.10 Å². The largest absolute Gasteiger partial charge is 0.493 e. The van der Waals surface area contributed by atoms with Gasteiger partial charge in [-0.05, 0) is 43.3 Å². The predicted molar refractivity (Wildman–Crippen MR) is 94.4 cm³/mol. The van der Waals surface area contributed by atoms with Crippen molar-refractivity contribution in [3.63, 3.8) is 0 Å². The van der Waals surface area contributed by atoms with Crippen molar-refractivity contribution in [2.24, 2.45) is 0 Å². The summed E-state index contributed by atoms with van der Waals surface area (Å²) in [6, 6.07) is 13.0. The maximum Gasteiger partial charge on any atom is 0.209 e. The van der Waals surface area contributed by atoms with Crippen LogP contribution in [0.25, 0.3) is 11.4 Å². The Morgan fingerprint density at radius 3 is 2.72 bits per heavy atom. The fourth-order valence-corrected chi connectivity index (χ4v) is 2.92. The molecule has 0 fully saturated rings. The van der Waals surface area contributed by atoms with Crippen molar-refractivity contribution in [1.82, 2.24) is 15.2 Å². The highest BCUT2D eigenvalue weighted by Gasteiger charge is 2.13. The number of aromatic nitrogens is 3. The highest BCUT2D eigenvalue weighted by molar-refractivity contribution is 7.99. The van der Waals surface area contributed by atoms with Crippen LogP contribution < -0.4 is 4.74 Å². The van der Waals surface area contributed by atoms with Gasteiger partial charge in [0.2, 0.25) is 5.16 Å². The second-order valence-electron chi connectivity index (χ2n) is 5.11. The molecule has 0 aliphatic rings. The Bertz CT molecular complexity index is 865. The maximum absolute atomic E-state index is 12.9. The molecule has 1 aromatic heterocycles. The van der Waals surface area contributed by atoms with Crippen molar-refractivity contribution in [2.45, 2.75) is 12.1 Å². The molecule has 1 heterocycles. The number of para-hydroxylation sites is 1. The lowest BCUT2D eigenvalue weighted by Gasteiger charge is -2.06. The van der Waals surface area contributed by atoms with Gasteiger partial charge in [-0.1, -0.05) is 23.9 Å². The van der Waals surface area contributed by atoms with E-state index >= 15 is 0 Å². The zero-order chi connectivity index (χ0) is 17.6. The Labute approximate surface area is 148 Å². The van der Waals surface area contributed by atoms with Crippen LogP contribution in [0.1, 0.15) is 17.3 Å². The monoisotopic (exact) mass is 357 g/mol. The second-order valence-corrected chi connectivity index (χ2v) is 6.06. The number of nitrogens with one attached hydrogen (secondary N) is 1. The van der Waals surface area contributed by atoms with Crippen molar-refractivity contribution < 1.29 is 13.9 Å². The summed E-state index contributed by atoms with van der Waals surface area (Å²) in [6.45, 7) is 2.47. The molecule has 3 rings (SSSR count). The molecule has 0 spiro atoms. The van der Waals surface area contributed by atoms with E-state index < -0.39 is 0 Å². The number of nitrogens with zero attached hydrogens (tertiary/aromatic N) is 2. The first-order valence-electron chi connectivity index (χ1n) is 7.73. The molecule has 0 saturated heterocycles. The van der Waals surface area contributed by atoms with Gasteiger partial charge in [-0.2, -0.15) is 0 Å². The van der Waals surface area contributed by atoms with Crippen molar-refractivity contribution in [2.75, 3.05) is 12.4 Å². The highest BCUT2D eigenvalue weighted by atomic mass is 32.2. The molecule has 2 aromatic carbocycles. The Kier molecular flexibility index (Phi) is 5.45. The van der Waals surface area contributed by atoms with E-state index in [1.165, 1.54) is 36.0 Å². The third kappa shape index (κ3) is 4.24. The van der Waals surface area contributed by atoms with Gasteiger partial charge in [0.25, 0.3) is 0 Å². The van der Waals surface area contributed by atoms with E-state index in [4.69, 9.17) is 4.74 Å². The van der Waals surface area contributed by atoms with Gasteiger partial charge in [0.15, 0.2) is 11.6 Å². The van der Waals surface area contributed by atoms with Crippen molar-refractivity contribution in [3.05, 3.63) is 59.9 Å². The van der Waals surface area contributed by atoms with E-state index in [0.717, 1.165) is 11.3 Å². The molecule has 1 N–H and O–H groups in total. The fourth-order valence-electron chi connectivity index (χ4n) is 2.22. The molecule has 25 heavy (non-hydrogen) atoms. The van der Waals surface area contributed by atoms with Gasteiger partial charge in [0.1, 0.15) is 11.6 Å². The number of H-pyrrole nitrogens is 1. The topological polar surface area (TPSA) is 67.9 Å². The van der Waals surface area contributed by atoms with Gasteiger partial charge in [-0.25, -0.2) is 9.37 Å². The lowest BCUT2D eigenvalue weighted by atomic mass is 10.1. The number of rotatable bonds is 7. The van der Waals surface area contributed by atoms with Crippen LogP contribution in [-0.4, -0.2) is 33.3 Å². The summed E-state index contributed by atoms with van der Waals surface area (Å²) in [5.74, 6) is 1.01. The van der Waals surface area contributed by atoms with Crippen molar-refractivity contribution in [1.29, 1.82) is 0 Å². The number of thioether (sulfide) groups is 1. The number of ketones is 1. The summed E-state index contributed by atoms with van der Waals surface area (Å²) in [5.41, 5.74) is 1.28. The van der Waals surface area contributed by atoms with Gasteiger partial charge < -0.3 is 4.74 Å². The highest BCUT2D eigenvalue weighted by Crippen LogP contribution is 2.28. The Morgan fingerprint density at radius 1 is 1.20 bits per heavy atom. The van der Waals surface area contributed by atoms with Crippen molar-refractivity contribution >= 4 is 17.5 Å². The first-order chi connectivity index (χ1) is 12.2. The van der Waals surface area contributed by atoms with Gasteiger partial charge >= 0.3 is 0 Å². The normalized spacial score (nSPS) is 10.6. The van der Waals surface area contributed by atoms with E-state index in [9.17, 15) is 9.18 Å².